The Morgan fingerprint density at radius 3 is 0.971 bits per heavy atom. The van der Waals surface area contributed by atoms with E-state index in [2.05, 4.69) is 19.2 Å². The molecular formula is C61H125N2O6P. The molecule has 70 heavy (non-hydrogen) atoms. The maximum absolute atomic E-state index is 13.0. The van der Waals surface area contributed by atoms with Crippen molar-refractivity contribution in [3.8, 4) is 0 Å². The Bertz CT molecular complexity index is 1100. The van der Waals surface area contributed by atoms with E-state index in [-0.39, 0.29) is 19.1 Å². The molecule has 0 bridgehead atoms. The SMILES string of the molecule is CCCCCCCCCCCCCCCCCCCCCCCCCCCCCCCCCC(=O)NC(COP(=O)([O-])OCC[N+](C)(C)C)C(O)CCCCCCCCCCCCCCCCCCC. The number of carbonyl (C=O) groups is 1. The van der Waals surface area contributed by atoms with E-state index >= 15 is 0 Å². The number of phosphoric ester groups is 1. The number of aliphatic hydroxyl groups excluding tert-OH is 1. The third-order valence-electron chi connectivity index (χ3n) is 14.8. The number of aliphatic hydroxyl groups is 1. The molecule has 0 spiro atoms. The van der Waals surface area contributed by atoms with E-state index in [0.29, 0.717) is 23.9 Å². The van der Waals surface area contributed by atoms with Crippen LogP contribution in [0.4, 0.5) is 0 Å². The molecule has 0 rings (SSSR count). The zero-order valence-electron chi connectivity index (χ0n) is 48.0. The number of phosphoric acid groups is 1. The number of carbonyl (C=O) groups excluding carboxylic acids is 1. The average Bonchev–Trinajstić information content (AvgIpc) is 3.32. The first-order chi connectivity index (χ1) is 34.0. The van der Waals surface area contributed by atoms with Crippen LogP contribution in [-0.4, -0.2) is 68.5 Å². The molecule has 9 heteroatoms. The van der Waals surface area contributed by atoms with Crippen molar-refractivity contribution in [2.45, 2.75) is 347 Å². The molecule has 8 nitrogen and oxygen atoms in total. The monoisotopic (exact) mass is 1010 g/mol. The fourth-order valence-corrected chi connectivity index (χ4v) is 10.7. The molecule has 0 fully saturated rings. The van der Waals surface area contributed by atoms with Gasteiger partial charge in [0.2, 0.25) is 5.91 Å². The second kappa shape index (κ2) is 53.3. The number of nitrogens with one attached hydrogen (secondary N) is 1. The molecule has 0 aromatic carbocycles. The minimum absolute atomic E-state index is 0.0167. The van der Waals surface area contributed by atoms with Crippen molar-refractivity contribution < 1.29 is 32.9 Å². The Labute approximate surface area is 438 Å². The van der Waals surface area contributed by atoms with Crippen LogP contribution in [0.3, 0.4) is 0 Å². The summed E-state index contributed by atoms with van der Waals surface area (Å²) in [4.78, 5) is 25.6. The molecule has 0 aromatic rings. The summed E-state index contributed by atoms with van der Waals surface area (Å²) < 4.78 is 23.5. The van der Waals surface area contributed by atoms with Crippen molar-refractivity contribution in [2.75, 3.05) is 40.9 Å². The van der Waals surface area contributed by atoms with Gasteiger partial charge in [0.15, 0.2) is 0 Å². The highest BCUT2D eigenvalue weighted by atomic mass is 31.2. The highest BCUT2D eigenvalue weighted by Gasteiger charge is 2.24. The fourth-order valence-electron chi connectivity index (χ4n) is 9.93. The number of hydrogen-bond donors (Lipinski definition) is 2. The third kappa shape index (κ3) is 55.3. The summed E-state index contributed by atoms with van der Waals surface area (Å²) in [6.45, 7) is 4.78. The number of likely N-dealkylation sites (N-methyl/N-ethyl adjacent to an activating group) is 1. The number of quaternary nitrogens is 1. The van der Waals surface area contributed by atoms with Crippen LogP contribution >= 0.6 is 7.82 Å². The summed E-state index contributed by atoms with van der Waals surface area (Å²) >= 11 is 0. The molecule has 0 saturated heterocycles. The van der Waals surface area contributed by atoms with Gasteiger partial charge in [-0.2, -0.15) is 0 Å². The van der Waals surface area contributed by atoms with E-state index in [9.17, 15) is 19.4 Å². The maximum Gasteiger partial charge on any atom is 0.268 e. The topological polar surface area (TPSA) is 108 Å². The van der Waals surface area contributed by atoms with Gasteiger partial charge < -0.3 is 28.8 Å². The summed E-state index contributed by atoms with van der Waals surface area (Å²) in [6.07, 6.45) is 64.4. The lowest BCUT2D eigenvalue weighted by Crippen LogP contribution is -2.46. The minimum Gasteiger partial charge on any atom is -0.756 e. The molecule has 0 saturated carbocycles. The number of nitrogens with zero attached hydrogens (tertiary/aromatic N) is 1. The first kappa shape index (κ1) is 69.5. The van der Waals surface area contributed by atoms with Crippen LogP contribution in [0.25, 0.3) is 0 Å². The summed E-state index contributed by atoms with van der Waals surface area (Å²) in [5, 5.41) is 14.0. The normalized spacial score (nSPS) is 13.8. The quantitative estimate of drug-likeness (QED) is 0.0357. The van der Waals surface area contributed by atoms with E-state index in [1.165, 1.54) is 270 Å². The van der Waals surface area contributed by atoms with Crippen LogP contribution in [0.5, 0.6) is 0 Å². The van der Waals surface area contributed by atoms with Gasteiger partial charge in [-0.3, -0.25) is 9.36 Å². The third-order valence-corrected chi connectivity index (χ3v) is 15.8. The second-order valence-electron chi connectivity index (χ2n) is 23.1. The van der Waals surface area contributed by atoms with Gasteiger partial charge in [0, 0.05) is 6.42 Å². The predicted octanol–water partition coefficient (Wildman–Crippen LogP) is 18.6. The standard InChI is InChI=1S/C61H125N2O6P/c1-6-8-10-12-14-16-18-20-22-24-25-26-27-28-29-30-31-32-33-34-35-36-37-39-41-43-45-47-49-51-53-55-61(65)62-59(58-69-70(66,67)68-57-56-63(3,4)5)60(64)54-52-50-48-46-44-42-40-38-23-21-19-17-15-13-11-9-7-2/h59-60,64H,6-58H2,1-5H3,(H-,62,65,66,67). The molecule has 0 aliphatic carbocycles. The molecule has 0 aliphatic heterocycles. The Balaban J connectivity index is 3.98. The molecule has 0 radical (unpaired) electrons. The molecule has 1 amide bonds. The van der Waals surface area contributed by atoms with Crippen LogP contribution in [0.1, 0.15) is 335 Å². The lowest BCUT2D eigenvalue weighted by atomic mass is 10.0. The highest BCUT2D eigenvalue weighted by molar-refractivity contribution is 7.45. The Hall–Kier alpha value is -0.500. The van der Waals surface area contributed by atoms with Crippen molar-refractivity contribution in [1.29, 1.82) is 0 Å². The summed E-state index contributed by atoms with van der Waals surface area (Å²) in [5.74, 6) is -0.155. The van der Waals surface area contributed by atoms with Crippen LogP contribution in [0.15, 0.2) is 0 Å². The van der Waals surface area contributed by atoms with Crippen molar-refractivity contribution in [3.63, 3.8) is 0 Å². The molecule has 2 N–H and O–H groups in total. The zero-order chi connectivity index (χ0) is 51.3. The van der Waals surface area contributed by atoms with E-state index < -0.39 is 20.0 Å². The largest absolute Gasteiger partial charge is 0.756 e. The van der Waals surface area contributed by atoms with Crippen molar-refractivity contribution in [2.24, 2.45) is 0 Å². The van der Waals surface area contributed by atoms with Gasteiger partial charge in [-0.1, -0.05) is 316 Å². The van der Waals surface area contributed by atoms with Crippen molar-refractivity contribution in [3.05, 3.63) is 0 Å². The van der Waals surface area contributed by atoms with Gasteiger partial charge in [-0.25, -0.2) is 0 Å². The minimum atomic E-state index is -4.57. The molecule has 0 aliphatic rings. The zero-order valence-corrected chi connectivity index (χ0v) is 48.9. The van der Waals surface area contributed by atoms with Gasteiger partial charge in [-0.15, -0.1) is 0 Å². The van der Waals surface area contributed by atoms with Gasteiger partial charge in [-0.05, 0) is 12.8 Å². The molecule has 0 aromatic heterocycles. The lowest BCUT2D eigenvalue weighted by Gasteiger charge is -2.30. The number of rotatable bonds is 59. The van der Waals surface area contributed by atoms with Crippen LogP contribution < -0.4 is 10.2 Å². The van der Waals surface area contributed by atoms with Crippen LogP contribution in [0, 0.1) is 0 Å². The van der Waals surface area contributed by atoms with E-state index in [1.807, 2.05) is 21.1 Å². The second-order valence-corrected chi connectivity index (χ2v) is 24.5. The summed E-state index contributed by atoms with van der Waals surface area (Å²) in [5.41, 5.74) is 0. The van der Waals surface area contributed by atoms with Crippen LogP contribution in [0.2, 0.25) is 0 Å². The van der Waals surface area contributed by atoms with Crippen molar-refractivity contribution >= 4 is 13.7 Å². The van der Waals surface area contributed by atoms with Gasteiger partial charge in [0.25, 0.3) is 7.82 Å². The summed E-state index contributed by atoms with van der Waals surface area (Å²) in [7, 11) is 1.33. The Morgan fingerprint density at radius 2 is 0.700 bits per heavy atom. The molecule has 420 valence electrons. The summed E-state index contributed by atoms with van der Waals surface area (Å²) in [6, 6.07) is -0.795. The number of hydrogen-bond acceptors (Lipinski definition) is 6. The fraction of sp³-hybridized carbons (Fsp3) is 0.984. The first-order valence-corrected chi connectivity index (χ1v) is 32.8. The number of amides is 1. The molecule has 3 atom stereocenters. The number of unbranched alkanes of at least 4 members (excludes halogenated alkanes) is 46. The smallest absolute Gasteiger partial charge is 0.268 e. The van der Waals surface area contributed by atoms with Gasteiger partial charge in [0.05, 0.1) is 39.9 Å². The average molecular weight is 1010 g/mol. The van der Waals surface area contributed by atoms with Crippen LogP contribution in [-0.2, 0) is 18.4 Å². The van der Waals surface area contributed by atoms with E-state index in [1.54, 1.807) is 0 Å². The maximum atomic E-state index is 13.0. The van der Waals surface area contributed by atoms with Gasteiger partial charge >= 0.3 is 0 Å². The molecule has 3 unspecified atom stereocenters. The highest BCUT2D eigenvalue weighted by Crippen LogP contribution is 2.38. The van der Waals surface area contributed by atoms with Gasteiger partial charge in [0.1, 0.15) is 13.2 Å². The lowest BCUT2D eigenvalue weighted by molar-refractivity contribution is -0.870. The Kier molecular flexibility index (Phi) is 52.9. The molecule has 0 heterocycles. The predicted molar refractivity (Wildman–Crippen MR) is 303 cm³/mol. The molecular weight excluding hydrogens is 888 g/mol. The van der Waals surface area contributed by atoms with Crippen molar-refractivity contribution in [1.82, 2.24) is 5.32 Å². The van der Waals surface area contributed by atoms with E-state index in [4.69, 9.17) is 9.05 Å². The first-order valence-electron chi connectivity index (χ1n) is 31.4. The van der Waals surface area contributed by atoms with E-state index in [0.717, 1.165) is 38.5 Å². The Morgan fingerprint density at radius 1 is 0.443 bits per heavy atom.